The minimum atomic E-state index is -4.46. The van der Waals surface area contributed by atoms with Gasteiger partial charge in [-0.3, -0.25) is 0 Å². The van der Waals surface area contributed by atoms with Crippen LogP contribution < -0.4 is 10.5 Å². The Kier molecular flexibility index (Phi) is 3.43. The first-order chi connectivity index (χ1) is 8.50. The first-order valence-corrected chi connectivity index (χ1v) is 5.43. The van der Waals surface area contributed by atoms with Crippen LogP contribution in [0.25, 0.3) is 10.8 Å². The van der Waals surface area contributed by atoms with E-state index in [9.17, 15) is 13.2 Å². The summed E-state index contributed by atoms with van der Waals surface area (Å²) in [6.45, 7) is -0.601. The van der Waals surface area contributed by atoms with Crippen LogP contribution >= 0.6 is 0 Å². The molecule has 5 heteroatoms. The Morgan fingerprint density at radius 1 is 1.06 bits per heavy atom. The molecular weight excluding hydrogens is 243 g/mol. The van der Waals surface area contributed by atoms with Gasteiger partial charge in [0.1, 0.15) is 5.75 Å². The van der Waals surface area contributed by atoms with Crippen molar-refractivity contribution in [2.45, 2.75) is 12.3 Å². The molecule has 0 aliphatic rings. The fraction of sp³-hybridized carbons (Fsp3) is 0.231. The minimum absolute atomic E-state index is 0.168. The molecule has 0 fully saturated rings. The summed E-state index contributed by atoms with van der Waals surface area (Å²) < 4.78 is 42.4. The van der Waals surface area contributed by atoms with Gasteiger partial charge in [-0.25, -0.2) is 0 Å². The highest BCUT2D eigenvalue weighted by atomic mass is 19.4. The van der Waals surface area contributed by atoms with Crippen LogP contribution in [-0.4, -0.2) is 18.8 Å². The summed E-state index contributed by atoms with van der Waals surface area (Å²) in [6, 6.07) is 12.2. The van der Waals surface area contributed by atoms with Crippen molar-refractivity contribution in [2.24, 2.45) is 5.73 Å². The monoisotopic (exact) mass is 255 g/mol. The summed E-state index contributed by atoms with van der Waals surface area (Å²) in [5.41, 5.74) is 5.07. The second kappa shape index (κ2) is 4.86. The van der Waals surface area contributed by atoms with Gasteiger partial charge in [-0.05, 0) is 22.9 Å². The number of alkyl halides is 3. The lowest BCUT2D eigenvalue weighted by Crippen LogP contribution is -2.40. The van der Waals surface area contributed by atoms with Crippen molar-refractivity contribution in [3.8, 4) is 5.75 Å². The minimum Gasteiger partial charge on any atom is -0.480 e. The van der Waals surface area contributed by atoms with Gasteiger partial charge in [0.05, 0.1) is 0 Å². The molecule has 1 atom stereocenters. The molecule has 0 spiro atoms. The molecule has 18 heavy (non-hydrogen) atoms. The number of halogens is 3. The van der Waals surface area contributed by atoms with Crippen molar-refractivity contribution in [2.75, 3.05) is 6.54 Å². The zero-order valence-corrected chi connectivity index (χ0v) is 9.45. The van der Waals surface area contributed by atoms with E-state index in [1.807, 2.05) is 24.3 Å². The summed E-state index contributed by atoms with van der Waals surface area (Å²) in [6.07, 6.45) is -6.43. The van der Waals surface area contributed by atoms with Crippen LogP contribution in [0.4, 0.5) is 13.2 Å². The predicted octanol–water partition coefficient (Wildman–Crippen LogP) is 3.11. The Morgan fingerprint density at radius 2 is 1.72 bits per heavy atom. The molecular formula is C13H12F3NO. The van der Waals surface area contributed by atoms with Gasteiger partial charge in [0.15, 0.2) is 0 Å². The van der Waals surface area contributed by atoms with E-state index in [0.717, 1.165) is 10.8 Å². The quantitative estimate of drug-likeness (QED) is 0.914. The number of hydrogen-bond donors (Lipinski definition) is 1. The average Bonchev–Trinajstić information content (AvgIpc) is 2.34. The van der Waals surface area contributed by atoms with E-state index in [4.69, 9.17) is 10.5 Å². The third kappa shape index (κ3) is 2.73. The lowest BCUT2D eigenvalue weighted by Gasteiger charge is -2.20. The van der Waals surface area contributed by atoms with Crippen LogP contribution in [0.15, 0.2) is 42.5 Å². The smallest absolute Gasteiger partial charge is 0.426 e. The largest absolute Gasteiger partial charge is 0.480 e. The molecule has 0 aromatic heterocycles. The highest BCUT2D eigenvalue weighted by molar-refractivity contribution is 5.83. The first-order valence-electron chi connectivity index (χ1n) is 5.43. The van der Waals surface area contributed by atoms with E-state index in [-0.39, 0.29) is 5.75 Å². The maximum absolute atomic E-state index is 12.5. The fourth-order valence-corrected chi connectivity index (χ4v) is 1.65. The van der Waals surface area contributed by atoms with E-state index in [1.54, 1.807) is 12.1 Å². The van der Waals surface area contributed by atoms with E-state index in [0.29, 0.717) is 0 Å². The molecule has 2 aromatic carbocycles. The molecule has 96 valence electrons. The average molecular weight is 255 g/mol. The van der Waals surface area contributed by atoms with Crippen LogP contribution in [0.2, 0.25) is 0 Å². The maximum Gasteiger partial charge on any atom is 0.426 e. The second-order valence-corrected chi connectivity index (χ2v) is 3.89. The van der Waals surface area contributed by atoms with Crippen molar-refractivity contribution in [3.63, 3.8) is 0 Å². The van der Waals surface area contributed by atoms with Crippen LogP contribution in [0.1, 0.15) is 0 Å². The van der Waals surface area contributed by atoms with Crippen molar-refractivity contribution < 1.29 is 17.9 Å². The molecule has 0 heterocycles. The third-order valence-corrected chi connectivity index (χ3v) is 2.58. The summed E-state index contributed by atoms with van der Waals surface area (Å²) in [4.78, 5) is 0. The molecule has 0 amide bonds. The van der Waals surface area contributed by atoms with Gasteiger partial charge in [-0.1, -0.05) is 30.3 Å². The molecule has 0 saturated carbocycles. The molecule has 2 nitrogen and oxygen atoms in total. The van der Waals surface area contributed by atoms with Gasteiger partial charge in [0.25, 0.3) is 0 Å². The van der Waals surface area contributed by atoms with Gasteiger partial charge in [0.2, 0.25) is 6.10 Å². The van der Waals surface area contributed by atoms with Crippen molar-refractivity contribution in [1.29, 1.82) is 0 Å². The molecule has 2 rings (SSSR count). The lowest BCUT2D eigenvalue weighted by molar-refractivity contribution is -0.191. The SMILES string of the molecule is NCC(Oc1ccc2ccccc2c1)C(F)(F)F. The standard InChI is InChI=1S/C13H12F3NO/c14-13(15,16)12(8-17)18-11-6-5-9-3-1-2-4-10(9)7-11/h1-7,12H,8,17H2. The Balaban J connectivity index is 2.26. The van der Waals surface area contributed by atoms with Gasteiger partial charge < -0.3 is 10.5 Å². The van der Waals surface area contributed by atoms with Gasteiger partial charge >= 0.3 is 6.18 Å². The topological polar surface area (TPSA) is 35.2 Å². The number of hydrogen-bond acceptors (Lipinski definition) is 2. The van der Waals surface area contributed by atoms with Crippen LogP contribution in [0.5, 0.6) is 5.75 Å². The molecule has 0 saturated heterocycles. The highest BCUT2D eigenvalue weighted by Crippen LogP contribution is 2.26. The van der Waals surface area contributed by atoms with E-state index >= 15 is 0 Å². The van der Waals surface area contributed by atoms with E-state index in [1.165, 1.54) is 6.07 Å². The highest BCUT2D eigenvalue weighted by Gasteiger charge is 2.40. The predicted molar refractivity (Wildman–Crippen MR) is 63.5 cm³/mol. The zero-order valence-electron chi connectivity index (χ0n) is 9.45. The third-order valence-electron chi connectivity index (χ3n) is 2.58. The van der Waals surface area contributed by atoms with Crippen LogP contribution in [-0.2, 0) is 0 Å². The fourth-order valence-electron chi connectivity index (χ4n) is 1.65. The molecule has 0 bridgehead atoms. The van der Waals surface area contributed by atoms with Gasteiger partial charge in [0, 0.05) is 6.54 Å². The maximum atomic E-state index is 12.5. The summed E-state index contributed by atoms with van der Waals surface area (Å²) in [7, 11) is 0. The number of benzene rings is 2. The summed E-state index contributed by atoms with van der Waals surface area (Å²) in [5, 5.41) is 1.77. The van der Waals surface area contributed by atoms with Gasteiger partial charge in [-0.2, -0.15) is 13.2 Å². The van der Waals surface area contributed by atoms with Crippen LogP contribution in [0, 0.1) is 0 Å². The summed E-state index contributed by atoms with van der Waals surface area (Å²) >= 11 is 0. The molecule has 0 aliphatic heterocycles. The Hall–Kier alpha value is -1.75. The number of rotatable bonds is 3. The van der Waals surface area contributed by atoms with Crippen molar-refractivity contribution in [3.05, 3.63) is 42.5 Å². The lowest BCUT2D eigenvalue weighted by atomic mass is 10.1. The molecule has 0 aliphatic carbocycles. The Bertz CT molecular complexity index is 539. The second-order valence-electron chi connectivity index (χ2n) is 3.89. The number of ether oxygens (including phenoxy) is 1. The van der Waals surface area contributed by atoms with Crippen LogP contribution in [0.3, 0.4) is 0 Å². The van der Waals surface area contributed by atoms with E-state index in [2.05, 4.69) is 0 Å². The molecule has 1 unspecified atom stereocenters. The Morgan fingerprint density at radius 3 is 2.33 bits per heavy atom. The number of nitrogens with two attached hydrogens (primary N) is 1. The normalized spacial score (nSPS) is 13.6. The zero-order chi connectivity index (χ0) is 13.2. The number of fused-ring (bicyclic) bond motifs is 1. The molecule has 2 N–H and O–H groups in total. The van der Waals surface area contributed by atoms with Crippen molar-refractivity contribution >= 4 is 10.8 Å². The molecule has 2 aromatic rings. The van der Waals surface area contributed by atoms with Crippen molar-refractivity contribution in [1.82, 2.24) is 0 Å². The first kappa shape index (κ1) is 12.7. The molecule has 0 radical (unpaired) electrons. The Labute approximate surface area is 102 Å². The summed E-state index contributed by atoms with van der Waals surface area (Å²) in [5.74, 6) is 0.168. The van der Waals surface area contributed by atoms with Gasteiger partial charge in [-0.15, -0.1) is 0 Å². The van der Waals surface area contributed by atoms with E-state index < -0.39 is 18.8 Å².